The van der Waals surface area contributed by atoms with Crippen LogP contribution in [-0.2, 0) is 0 Å². The molecule has 1 unspecified atom stereocenters. The van der Waals surface area contributed by atoms with Gasteiger partial charge in [0.15, 0.2) is 5.69 Å². The summed E-state index contributed by atoms with van der Waals surface area (Å²) in [7, 11) is 0. The topological polar surface area (TPSA) is 84.2 Å². The van der Waals surface area contributed by atoms with E-state index in [4.69, 9.17) is 16.7 Å². The Kier molecular flexibility index (Phi) is 6.11. The number of carbonyl (C=O) groups excluding carboxylic acids is 1. The van der Waals surface area contributed by atoms with Crippen LogP contribution in [0.4, 0.5) is 0 Å². The predicted octanol–water partition coefficient (Wildman–Crippen LogP) is 1.94. The van der Waals surface area contributed by atoms with Crippen molar-refractivity contribution in [3.8, 4) is 5.69 Å². The molecule has 1 heterocycles. The smallest absolute Gasteiger partial charge is 0.275 e. The average molecular weight is 350 g/mol. The molecule has 6 nitrogen and oxygen atoms in total. The van der Waals surface area contributed by atoms with E-state index >= 15 is 0 Å². The van der Waals surface area contributed by atoms with E-state index in [-0.39, 0.29) is 18.2 Å². The molecule has 0 aliphatic carbocycles. The highest BCUT2D eigenvalue weighted by atomic mass is 35.5. The lowest BCUT2D eigenvalue weighted by Crippen LogP contribution is -2.34. The van der Waals surface area contributed by atoms with Crippen LogP contribution in [0.15, 0.2) is 35.1 Å². The fraction of sp³-hybridized carbons (Fsp3) is 0.353. The van der Waals surface area contributed by atoms with Crippen LogP contribution in [0.2, 0.25) is 5.02 Å². The Morgan fingerprint density at radius 2 is 2.17 bits per heavy atom. The molecule has 1 aromatic heterocycles. The summed E-state index contributed by atoms with van der Waals surface area (Å²) in [5.41, 5.74) is 0.671. The SMILES string of the molecule is Cc1cc(=O)c(C(=O)NCC(C)CCO)nn1-c1cccc(Cl)c1. The lowest BCUT2D eigenvalue weighted by molar-refractivity contribution is 0.0937. The molecule has 128 valence electrons. The summed E-state index contributed by atoms with van der Waals surface area (Å²) in [5, 5.41) is 16.3. The highest BCUT2D eigenvalue weighted by Gasteiger charge is 2.16. The van der Waals surface area contributed by atoms with Crippen molar-refractivity contribution in [2.24, 2.45) is 5.92 Å². The molecule has 0 aliphatic heterocycles. The number of amides is 1. The quantitative estimate of drug-likeness (QED) is 0.834. The van der Waals surface area contributed by atoms with Gasteiger partial charge in [-0.15, -0.1) is 0 Å². The van der Waals surface area contributed by atoms with E-state index in [1.807, 2.05) is 6.92 Å². The minimum Gasteiger partial charge on any atom is -0.396 e. The van der Waals surface area contributed by atoms with Crippen molar-refractivity contribution < 1.29 is 9.90 Å². The fourth-order valence-electron chi connectivity index (χ4n) is 2.25. The summed E-state index contributed by atoms with van der Waals surface area (Å²) in [6, 6.07) is 8.38. The van der Waals surface area contributed by atoms with Gasteiger partial charge in [0.05, 0.1) is 5.69 Å². The van der Waals surface area contributed by atoms with Crippen LogP contribution < -0.4 is 10.7 Å². The van der Waals surface area contributed by atoms with Crippen molar-refractivity contribution in [2.45, 2.75) is 20.3 Å². The number of aliphatic hydroxyl groups is 1. The number of benzene rings is 1. The lowest BCUT2D eigenvalue weighted by atomic mass is 10.1. The number of hydrogen-bond acceptors (Lipinski definition) is 4. The molecule has 1 aromatic carbocycles. The number of carbonyl (C=O) groups is 1. The second kappa shape index (κ2) is 8.08. The van der Waals surface area contributed by atoms with Gasteiger partial charge in [0, 0.05) is 29.9 Å². The summed E-state index contributed by atoms with van der Waals surface area (Å²) >= 11 is 5.99. The van der Waals surface area contributed by atoms with Crippen molar-refractivity contribution in [3.63, 3.8) is 0 Å². The van der Waals surface area contributed by atoms with Crippen LogP contribution in [-0.4, -0.2) is 33.9 Å². The van der Waals surface area contributed by atoms with Gasteiger partial charge >= 0.3 is 0 Å². The molecule has 2 aromatic rings. The predicted molar refractivity (Wildman–Crippen MR) is 92.8 cm³/mol. The first kappa shape index (κ1) is 18.2. The molecule has 7 heteroatoms. The third-order valence-electron chi connectivity index (χ3n) is 3.61. The van der Waals surface area contributed by atoms with Crippen LogP contribution in [0, 0.1) is 12.8 Å². The van der Waals surface area contributed by atoms with Crippen LogP contribution in [0.3, 0.4) is 0 Å². The molecule has 24 heavy (non-hydrogen) atoms. The van der Waals surface area contributed by atoms with Crippen molar-refractivity contribution in [2.75, 3.05) is 13.2 Å². The van der Waals surface area contributed by atoms with Crippen LogP contribution >= 0.6 is 11.6 Å². The molecule has 1 atom stereocenters. The van der Waals surface area contributed by atoms with E-state index < -0.39 is 11.3 Å². The van der Waals surface area contributed by atoms with Gasteiger partial charge in [0.25, 0.3) is 5.91 Å². The summed E-state index contributed by atoms with van der Waals surface area (Å²) < 4.78 is 1.51. The van der Waals surface area contributed by atoms with E-state index in [9.17, 15) is 9.59 Å². The minimum absolute atomic E-state index is 0.0569. The average Bonchev–Trinajstić information content (AvgIpc) is 2.53. The summed E-state index contributed by atoms with van der Waals surface area (Å²) in [6.07, 6.45) is 0.578. The fourth-order valence-corrected chi connectivity index (χ4v) is 2.43. The molecule has 0 saturated carbocycles. The number of aliphatic hydroxyl groups excluding tert-OH is 1. The molecular formula is C17H20ClN3O3. The number of rotatable bonds is 6. The zero-order valence-electron chi connectivity index (χ0n) is 13.6. The number of halogens is 1. The van der Waals surface area contributed by atoms with Gasteiger partial charge in [-0.25, -0.2) is 4.68 Å². The molecule has 0 radical (unpaired) electrons. The molecule has 0 saturated heterocycles. The molecule has 2 rings (SSSR count). The van der Waals surface area contributed by atoms with Gasteiger partial charge in [0.1, 0.15) is 0 Å². The third kappa shape index (κ3) is 4.43. The second-order valence-corrected chi connectivity index (χ2v) is 6.15. The van der Waals surface area contributed by atoms with Crippen molar-refractivity contribution in [3.05, 3.63) is 57.0 Å². The maximum absolute atomic E-state index is 12.3. The van der Waals surface area contributed by atoms with E-state index in [2.05, 4.69) is 10.4 Å². The maximum atomic E-state index is 12.3. The standard InChI is InChI=1S/C17H20ClN3O3/c1-11(6-7-22)10-19-17(24)16-15(23)8-12(2)21(20-16)14-5-3-4-13(18)9-14/h3-5,8-9,11,22H,6-7,10H2,1-2H3,(H,19,24). The van der Waals surface area contributed by atoms with E-state index in [0.717, 1.165) is 0 Å². The Hall–Kier alpha value is -2.18. The summed E-state index contributed by atoms with van der Waals surface area (Å²) in [5.74, 6) is -0.417. The summed E-state index contributed by atoms with van der Waals surface area (Å²) in [4.78, 5) is 24.4. The monoisotopic (exact) mass is 349 g/mol. The molecule has 2 N–H and O–H groups in total. The van der Waals surface area contributed by atoms with Gasteiger partial charge in [0.2, 0.25) is 5.43 Å². The highest BCUT2D eigenvalue weighted by Crippen LogP contribution is 2.15. The van der Waals surface area contributed by atoms with E-state index in [0.29, 0.717) is 29.4 Å². The van der Waals surface area contributed by atoms with Gasteiger partial charge in [-0.2, -0.15) is 5.10 Å². The molecular weight excluding hydrogens is 330 g/mol. The first-order chi connectivity index (χ1) is 11.4. The number of hydrogen-bond donors (Lipinski definition) is 2. The Bertz CT molecular complexity index is 789. The maximum Gasteiger partial charge on any atom is 0.275 e. The minimum atomic E-state index is -0.527. The van der Waals surface area contributed by atoms with Gasteiger partial charge < -0.3 is 10.4 Å². The molecule has 0 fully saturated rings. The van der Waals surface area contributed by atoms with Crippen LogP contribution in [0.25, 0.3) is 5.69 Å². The zero-order chi connectivity index (χ0) is 17.7. The van der Waals surface area contributed by atoms with Gasteiger partial charge in [-0.05, 0) is 37.5 Å². The van der Waals surface area contributed by atoms with Gasteiger partial charge in [-0.1, -0.05) is 24.6 Å². The highest BCUT2D eigenvalue weighted by molar-refractivity contribution is 6.30. The van der Waals surface area contributed by atoms with Crippen molar-refractivity contribution in [1.29, 1.82) is 0 Å². The number of aromatic nitrogens is 2. The van der Waals surface area contributed by atoms with Crippen molar-refractivity contribution in [1.82, 2.24) is 15.1 Å². The van der Waals surface area contributed by atoms with Gasteiger partial charge in [-0.3, -0.25) is 9.59 Å². The zero-order valence-corrected chi connectivity index (χ0v) is 14.4. The number of aryl methyl sites for hydroxylation is 1. The van der Waals surface area contributed by atoms with E-state index in [1.165, 1.54) is 10.7 Å². The first-order valence-corrected chi connectivity index (χ1v) is 8.06. The summed E-state index contributed by atoms with van der Waals surface area (Å²) in [6.45, 7) is 4.07. The Morgan fingerprint density at radius 3 is 2.83 bits per heavy atom. The Morgan fingerprint density at radius 1 is 1.42 bits per heavy atom. The molecule has 0 spiro atoms. The van der Waals surface area contributed by atoms with E-state index in [1.54, 1.807) is 31.2 Å². The van der Waals surface area contributed by atoms with Crippen molar-refractivity contribution >= 4 is 17.5 Å². The van der Waals surface area contributed by atoms with Crippen LogP contribution in [0.5, 0.6) is 0 Å². The largest absolute Gasteiger partial charge is 0.396 e. The third-order valence-corrected chi connectivity index (χ3v) is 3.84. The molecule has 0 bridgehead atoms. The Balaban J connectivity index is 2.29. The second-order valence-electron chi connectivity index (χ2n) is 5.72. The lowest BCUT2D eigenvalue weighted by Gasteiger charge is -2.13. The van der Waals surface area contributed by atoms with Crippen LogP contribution in [0.1, 0.15) is 29.5 Å². The Labute approximate surface area is 145 Å². The molecule has 0 aliphatic rings. The number of nitrogens with zero attached hydrogens (tertiary/aromatic N) is 2. The normalized spacial score (nSPS) is 12.0. The molecule has 1 amide bonds. The first-order valence-electron chi connectivity index (χ1n) is 7.68. The number of nitrogens with one attached hydrogen (secondary N) is 1.